The molecule has 0 aromatic heterocycles. The fraction of sp³-hybridized carbons (Fsp3) is 0.579. The highest BCUT2D eigenvalue weighted by Crippen LogP contribution is 2.35. The SMILES string of the molecule is C#CCN(C[C@H](O)CN1CCOCC1)[C@H]1CCc2ccccc21. The van der Waals surface area contributed by atoms with Gasteiger partial charge < -0.3 is 9.84 Å². The largest absolute Gasteiger partial charge is 0.390 e. The number of fused-ring (bicyclic) bond motifs is 1. The number of aliphatic hydroxyl groups is 1. The van der Waals surface area contributed by atoms with Crippen LogP contribution in [0.15, 0.2) is 24.3 Å². The predicted molar refractivity (Wildman–Crippen MR) is 91.2 cm³/mol. The third kappa shape index (κ3) is 4.13. The van der Waals surface area contributed by atoms with Gasteiger partial charge in [0.2, 0.25) is 0 Å². The maximum absolute atomic E-state index is 10.5. The summed E-state index contributed by atoms with van der Waals surface area (Å²) in [6, 6.07) is 8.93. The highest BCUT2D eigenvalue weighted by Gasteiger charge is 2.29. The van der Waals surface area contributed by atoms with E-state index in [1.165, 1.54) is 11.1 Å². The molecule has 0 amide bonds. The van der Waals surface area contributed by atoms with Crippen molar-refractivity contribution in [3.63, 3.8) is 0 Å². The number of terminal acetylenes is 1. The van der Waals surface area contributed by atoms with Gasteiger partial charge in [-0.25, -0.2) is 0 Å². The number of benzene rings is 1. The molecule has 0 radical (unpaired) electrons. The normalized spacial score (nSPS) is 22.7. The quantitative estimate of drug-likeness (QED) is 0.803. The zero-order chi connectivity index (χ0) is 16.1. The van der Waals surface area contributed by atoms with Gasteiger partial charge in [0.05, 0.1) is 25.9 Å². The average Bonchev–Trinajstić information content (AvgIpc) is 2.99. The lowest BCUT2D eigenvalue weighted by Gasteiger charge is -2.33. The van der Waals surface area contributed by atoms with Gasteiger partial charge in [-0.15, -0.1) is 6.42 Å². The van der Waals surface area contributed by atoms with E-state index in [2.05, 4.69) is 40.0 Å². The summed E-state index contributed by atoms with van der Waals surface area (Å²) in [5.74, 6) is 2.77. The molecule has 1 aliphatic carbocycles. The highest BCUT2D eigenvalue weighted by molar-refractivity contribution is 5.34. The van der Waals surface area contributed by atoms with Crippen molar-refractivity contribution in [2.75, 3.05) is 45.9 Å². The van der Waals surface area contributed by atoms with Crippen LogP contribution in [-0.4, -0.2) is 66.9 Å². The Bertz CT molecular complexity index is 549. The molecule has 2 atom stereocenters. The maximum Gasteiger partial charge on any atom is 0.0794 e. The molecule has 124 valence electrons. The van der Waals surface area contributed by atoms with Gasteiger partial charge in [0.1, 0.15) is 0 Å². The Morgan fingerprint density at radius 3 is 2.91 bits per heavy atom. The van der Waals surface area contributed by atoms with Gasteiger partial charge in [-0.05, 0) is 24.0 Å². The van der Waals surface area contributed by atoms with Crippen molar-refractivity contribution in [1.82, 2.24) is 9.80 Å². The molecular formula is C19H26N2O2. The first-order valence-electron chi connectivity index (χ1n) is 8.51. The molecule has 1 N–H and O–H groups in total. The van der Waals surface area contributed by atoms with E-state index in [-0.39, 0.29) is 6.10 Å². The standard InChI is InChI=1S/C19H26N2O2/c1-2-9-21(15-17(22)14-20-10-12-23-13-11-20)19-8-7-16-5-3-4-6-18(16)19/h1,3-6,17,19,22H,7-15H2/t17-,19+/m1/s1. The fourth-order valence-corrected chi connectivity index (χ4v) is 3.74. The predicted octanol–water partition coefficient (Wildman–Crippen LogP) is 1.30. The van der Waals surface area contributed by atoms with E-state index in [0.29, 0.717) is 25.7 Å². The lowest BCUT2D eigenvalue weighted by molar-refractivity contribution is 0.00439. The first kappa shape index (κ1) is 16.5. The van der Waals surface area contributed by atoms with Crippen LogP contribution in [0.4, 0.5) is 0 Å². The molecule has 2 aliphatic rings. The molecule has 1 fully saturated rings. The Balaban J connectivity index is 1.62. The van der Waals surface area contributed by atoms with Crippen LogP contribution in [0, 0.1) is 12.3 Å². The lowest BCUT2D eigenvalue weighted by atomic mass is 10.1. The summed E-state index contributed by atoms with van der Waals surface area (Å²) in [5.41, 5.74) is 2.79. The number of morpholine rings is 1. The van der Waals surface area contributed by atoms with Gasteiger partial charge in [0.25, 0.3) is 0 Å². The third-order valence-corrected chi connectivity index (χ3v) is 4.85. The van der Waals surface area contributed by atoms with Gasteiger partial charge in [0, 0.05) is 32.2 Å². The van der Waals surface area contributed by atoms with E-state index >= 15 is 0 Å². The van der Waals surface area contributed by atoms with Crippen molar-refractivity contribution in [2.24, 2.45) is 0 Å². The first-order valence-corrected chi connectivity index (χ1v) is 8.51. The highest BCUT2D eigenvalue weighted by atomic mass is 16.5. The fourth-order valence-electron chi connectivity index (χ4n) is 3.74. The van der Waals surface area contributed by atoms with Crippen LogP contribution in [0.1, 0.15) is 23.6 Å². The molecule has 0 bridgehead atoms. The van der Waals surface area contributed by atoms with E-state index in [1.54, 1.807) is 0 Å². The summed E-state index contributed by atoms with van der Waals surface area (Å²) in [6.45, 7) is 5.23. The number of β-amino-alcohol motifs (C(OH)–C–C–N with tert-alkyl or cyclic N) is 1. The van der Waals surface area contributed by atoms with Crippen molar-refractivity contribution in [2.45, 2.75) is 25.0 Å². The number of aliphatic hydroxyl groups excluding tert-OH is 1. The molecule has 23 heavy (non-hydrogen) atoms. The number of aryl methyl sites for hydroxylation is 1. The molecule has 1 aromatic rings. The minimum absolute atomic E-state index is 0.335. The van der Waals surface area contributed by atoms with Crippen LogP contribution < -0.4 is 0 Å². The molecule has 0 saturated carbocycles. The Kier molecular flexibility index (Phi) is 5.69. The Labute approximate surface area is 139 Å². The van der Waals surface area contributed by atoms with Crippen LogP contribution in [0.2, 0.25) is 0 Å². The zero-order valence-electron chi connectivity index (χ0n) is 13.7. The lowest BCUT2D eigenvalue weighted by Crippen LogP contribution is -2.45. The van der Waals surface area contributed by atoms with Crippen molar-refractivity contribution in [1.29, 1.82) is 0 Å². The second-order valence-electron chi connectivity index (χ2n) is 6.45. The number of nitrogens with zero attached hydrogens (tertiary/aromatic N) is 2. The summed E-state index contributed by atoms with van der Waals surface area (Å²) >= 11 is 0. The van der Waals surface area contributed by atoms with Crippen LogP contribution in [0.5, 0.6) is 0 Å². The van der Waals surface area contributed by atoms with Gasteiger partial charge in [-0.2, -0.15) is 0 Å². The van der Waals surface area contributed by atoms with Crippen molar-refractivity contribution in [3.8, 4) is 12.3 Å². The van der Waals surface area contributed by atoms with E-state index < -0.39 is 0 Å². The molecule has 1 saturated heterocycles. The number of ether oxygens (including phenoxy) is 1. The van der Waals surface area contributed by atoms with E-state index in [4.69, 9.17) is 11.2 Å². The summed E-state index contributed by atoms with van der Waals surface area (Å²) in [5, 5.41) is 10.5. The maximum atomic E-state index is 10.5. The molecule has 4 nitrogen and oxygen atoms in total. The molecule has 1 aliphatic heterocycles. The third-order valence-electron chi connectivity index (χ3n) is 4.85. The summed E-state index contributed by atoms with van der Waals surface area (Å²) in [7, 11) is 0. The number of hydrogen-bond donors (Lipinski definition) is 1. The monoisotopic (exact) mass is 314 g/mol. The first-order chi connectivity index (χ1) is 11.3. The Morgan fingerprint density at radius 1 is 1.35 bits per heavy atom. The summed E-state index contributed by atoms with van der Waals surface area (Å²) in [6.07, 6.45) is 7.38. The second-order valence-corrected chi connectivity index (χ2v) is 6.45. The van der Waals surface area contributed by atoms with Crippen LogP contribution in [0.25, 0.3) is 0 Å². The van der Waals surface area contributed by atoms with Gasteiger partial charge in [-0.3, -0.25) is 9.80 Å². The Morgan fingerprint density at radius 2 is 2.13 bits per heavy atom. The molecule has 1 heterocycles. The summed E-state index contributed by atoms with van der Waals surface area (Å²) in [4.78, 5) is 4.53. The number of hydrogen-bond acceptors (Lipinski definition) is 4. The van der Waals surface area contributed by atoms with Gasteiger partial charge in [0.15, 0.2) is 0 Å². The molecule has 4 heteroatoms. The van der Waals surface area contributed by atoms with E-state index in [1.807, 2.05) is 0 Å². The molecule has 1 aromatic carbocycles. The van der Waals surface area contributed by atoms with E-state index in [0.717, 1.165) is 39.1 Å². The molecule has 3 rings (SSSR count). The zero-order valence-corrected chi connectivity index (χ0v) is 13.7. The topological polar surface area (TPSA) is 35.9 Å². The second kappa shape index (κ2) is 7.94. The smallest absolute Gasteiger partial charge is 0.0794 e. The number of rotatable bonds is 6. The van der Waals surface area contributed by atoms with Gasteiger partial charge in [-0.1, -0.05) is 30.2 Å². The summed E-state index contributed by atoms with van der Waals surface area (Å²) < 4.78 is 5.36. The Hall–Kier alpha value is -1.38. The van der Waals surface area contributed by atoms with Crippen molar-refractivity contribution >= 4 is 0 Å². The van der Waals surface area contributed by atoms with Crippen LogP contribution in [-0.2, 0) is 11.2 Å². The average molecular weight is 314 g/mol. The molecule has 0 unspecified atom stereocenters. The molecule has 0 spiro atoms. The van der Waals surface area contributed by atoms with E-state index in [9.17, 15) is 5.11 Å². The van der Waals surface area contributed by atoms with Crippen molar-refractivity contribution < 1.29 is 9.84 Å². The van der Waals surface area contributed by atoms with Gasteiger partial charge >= 0.3 is 0 Å². The van der Waals surface area contributed by atoms with Crippen LogP contribution in [0.3, 0.4) is 0 Å². The molecular weight excluding hydrogens is 288 g/mol. The minimum atomic E-state index is -0.380. The van der Waals surface area contributed by atoms with Crippen LogP contribution >= 0.6 is 0 Å². The van der Waals surface area contributed by atoms with Crippen molar-refractivity contribution in [3.05, 3.63) is 35.4 Å². The minimum Gasteiger partial charge on any atom is -0.390 e.